The predicted molar refractivity (Wildman–Crippen MR) is 62.7 cm³/mol. The summed E-state index contributed by atoms with van der Waals surface area (Å²) in [4.78, 5) is 6.48. The van der Waals surface area contributed by atoms with Crippen molar-refractivity contribution >= 4 is 0 Å². The Morgan fingerprint density at radius 2 is 2.20 bits per heavy atom. The van der Waals surface area contributed by atoms with Crippen LogP contribution in [0.15, 0.2) is 12.4 Å². The van der Waals surface area contributed by atoms with Crippen LogP contribution in [0.1, 0.15) is 18.7 Å². The quantitative estimate of drug-likeness (QED) is 0.677. The Bertz CT molecular complexity index is 267. The number of hydrogen-bond donors (Lipinski definition) is 1. The minimum Gasteiger partial charge on any atom is -0.337 e. The van der Waals surface area contributed by atoms with E-state index in [-0.39, 0.29) is 0 Å². The van der Waals surface area contributed by atoms with Crippen molar-refractivity contribution in [2.75, 3.05) is 27.2 Å². The summed E-state index contributed by atoms with van der Waals surface area (Å²) >= 11 is 0. The van der Waals surface area contributed by atoms with E-state index in [1.807, 2.05) is 24.0 Å². The molecule has 0 aliphatic heterocycles. The smallest absolute Gasteiger partial charge is 0.122 e. The average molecular weight is 210 g/mol. The van der Waals surface area contributed by atoms with E-state index in [2.05, 4.69) is 29.3 Å². The fourth-order valence-corrected chi connectivity index (χ4v) is 1.45. The van der Waals surface area contributed by atoms with E-state index >= 15 is 0 Å². The molecular formula is C11H22N4. The molecule has 4 nitrogen and oxygen atoms in total. The lowest BCUT2D eigenvalue weighted by Crippen LogP contribution is -2.19. The van der Waals surface area contributed by atoms with Crippen LogP contribution in [0.25, 0.3) is 0 Å². The van der Waals surface area contributed by atoms with E-state index in [1.165, 1.54) is 19.4 Å². The zero-order valence-corrected chi connectivity index (χ0v) is 10.0. The van der Waals surface area contributed by atoms with Gasteiger partial charge in [0.25, 0.3) is 0 Å². The lowest BCUT2D eigenvalue weighted by molar-refractivity contribution is 0.391. The second-order valence-electron chi connectivity index (χ2n) is 4.14. The number of nitrogens with one attached hydrogen (secondary N) is 1. The van der Waals surface area contributed by atoms with Crippen LogP contribution in [0, 0.1) is 0 Å². The molecule has 1 rings (SSSR count). The van der Waals surface area contributed by atoms with E-state index < -0.39 is 0 Å². The number of hydrogen-bond acceptors (Lipinski definition) is 3. The van der Waals surface area contributed by atoms with E-state index in [0.29, 0.717) is 0 Å². The summed E-state index contributed by atoms with van der Waals surface area (Å²) in [5.74, 6) is 1.10. The van der Waals surface area contributed by atoms with E-state index in [9.17, 15) is 0 Å². The van der Waals surface area contributed by atoms with Gasteiger partial charge < -0.3 is 14.8 Å². The van der Waals surface area contributed by atoms with Crippen molar-refractivity contribution < 1.29 is 0 Å². The Labute approximate surface area is 92.3 Å². The van der Waals surface area contributed by atoms with Gasteiger partial charge in [0.2, 0.25) is 0 Å². The molecule has 0 saturated heterocycles. The van der Waals surface area contributed by atoms with Gasteiger partial charge in [-0.05, 0) is 40.0 Å². The molecule has 0 spiro atoms. The van der Waals surface area contributed by atoms with Crippen LogP contribution in [-0.4, -0.2) is 41.6 Å². The van der Waals surface area contributed by atoms with Gasteiger partial charge in [0.1, 0.15) is 5.82 Å². The van der Waals surface area contributed by atoms with Gasteiger partial charge in [0.15, 0.2) is 0 Å². The van der Waals surface area contributed by atoms with Crippen molar-refractivity contribution in [1.82, 2.24) is 19.8 Å². The van der Waals surface area contributed by atoms with Gasteiger partial charge in [0, 0.05) is 19.4 Å². The summed E-state index contributed by atoms with van der Waals surface area (Å²) in [6.45, 7) is 3.11. The van der Waals surface area contributed by atoms with Crippen molar-refractivity contribution in [3.8, 4) is 0 Å². The lowest BCUT2D eigenvalue weighted by atomic mass is 10.3. The van der Waals surface area contributed by atoms with Crippen LogP contribution in [0.2, 0.25) is 0 Å². The van der Waals surface area contributed by atoms with Crippen LogP contribution >= 0.6 is 0 Å². The topological polar surface area (TPSA) is 33.1 Å². The van der Waals surface area contributed by atoms with Gasteiger partial charge in [-0.2, -0.15) is 0 Å². The highest BCUT2D eigenvalue weighted by Crippen LogP contribution is 1.94. The van der Waals surface area contributed by atoms with Crippen LogP contribution in [0.4, 0.5) is 0 Å². The van der Waals surface area contributed by atoms with Gasteiger partial charge in [-0.15, -0.1) is 0 Å². The molecule has 1 N–H and O–H groups in total. The molecule has 1 aromatic rings. The number of imidazole rings is 1. The molecule has 0 fully saturated rings. The highest BCUT2D eigenvalue weighted by Gasteiger charge is 1.97. The molecule has 1 aromatic heterocycles. The molecule has 86 valence electrons. The summed E-state index contributed by atoms with van der Waals surface area (Å²) in [5.41, 5.74) is 0. The average Bonchev–Trinajstić information content (AvgIpc) is 2.57. The Morgan fingerprint density at radius 3 is 2.80 bits per heavy atom. The van der Waals surface area contributed by atoms with Crippen LogP contribution < -0.4 is 5.32 Å². The number of aryl methyl sites for hydroxylation is 1. The second kappa shape index (κ2) is 6.58. The SMILES string of the molecule is CN(C)CCCCNCc1nccn1C. The molecule has 0 bridgehead atoms. The van der Waals surface area contributed by atoms with E-state index in [0.717, 1.165) is 18.9 Å². The van der Waals surface area contributed by atoms with Crippen molar-refractivity contribution in [3.05, 3.63) is 18.2 Å². The largest absolute Gasteiger partial charge is 0.337 e. The van der Waals surface area contributed by atoms with Crippen LogP contribution in [0.5, 0.6) is 0 Å². The summed E-state index contributed by atoms with van der Waals surface area (Å²) in [5, 5.41) is 3.40. The third-order valence-electron chi connectivity index (χ3n) is 2.41. The molecular weight excluding hydrogens is 188 g/mol. The van der Waals surface area contributed by atoms with E-state index in [4.69, 9.17) is 0 Å². The number of nitrogens with zero attached hydrogens (tertiary/aromatic N) is 3. The second-order valence-corrected chi connectivity index (χ2v) is 4.14. The Hall–Kier alpha value is -0.870. The fourth-order valence-electron chi connectivity index (χ4n) is 1.45. The summed E-state index contributed by atoms with van der Waals surface area (Å²) in [6, 6.07) is 0. The van der Waals surface area contributed by atoms with Crippen molar-refractivity contribution in [1.29, 1.82) is 0 Å². The van der Waals surface area contributed by atoms with Crippen molar-refractivity contribution in [3.63, 3.8) is 0 Å². The first kappa shape index (κ1) is 12.2. The minimum atomic E-state index is 0.867. The molecule has 0 saturated carbocycles. The third kappa shape index (κ3) is 4.95. The molecule has 0 radical (unpaired) electrons. The first-order valence-electron chi connectivity index (χ1n) is 5.52. The zero-order chi connectivity index (χ0) is 11.1. The summed E-state index contributed by atoms with van der Waals surface area (Å²) in [6.07, 6.45) is 6.29. The number of aromatic nitrogens is 2. The molecule has 0 aliphatic rings. The molecule has 0 aliphatic carbocycles. The maximum Gasteiger partial charge on any atom is 0.122 e. The van der Waals surface area contributed by atoms with Gasteiger partial charge in [-0.3, -0.25) is 0 Å². The molecule has 0 unspecified atom stereocenters. The fraction of sp³-hybridized carbons (Fsp3) is 0.727. The lowest BCUT2D eigenvalue weighted by Gasteiger charge is -2.09. The van der Waals surface area contributed by atoms with Crippen molar-refractivity contribution in [2.24, 2.45) is 7.05 Å². The zero-order valence-electron chi connectivity index (χ0n) is 10.0. The minimum absolute atomic E-state index is 0.867. The van der Waals surface area contributed by atoms with Crippen LogP contribution in [0.3, 0.4) is 0 Å². The molecule has 4 heteroatoms. The maximum absolute atomic E-state index is 4.25. The normalized spacial score (nSPS) is 11.2. The van der Waals surface area contributed by atoms with Gasteiger partial charge in [-0.25, -0.2) is 4.98 Å². The molecule has 15 heavy (non-hydrogen) atoms. The summed E-state index contributed by atoms with van der Waals surface area (Å²) in [7, 11) is 6.25. The predicted octanol–water partition coefficient (Wildman–Crippen LogP) is 0.851. The van der Waals surface area contributed by atoms with Gasteiger partial charge >= 0.3 is 0 Å². The van der Waals surface area contributed by atoms with Gasteiger partial charge in [-0.1, -0.05) is 0 Å². The van der Waals surface area contributed by atoms with E-state index in [1.54, 1.807) is 0 Å². The number of rotatable bonds is 7. The van der Waals surface area contributed by atoms with Crippen molar-refractivity contribution in [2.45, 2.75) is 19.4 Å². The Balaban J connectivity index is 2.00. The van der Waals surface area contributed by atoms with Crippen LogP contribution in [-0.2, 0) is 13.6 Å². The highest BCUT2D eigenvalue weighted by atomic mass is 15.1. The monoisotopic (exact) mass is 210 g/mol. The molecule has 0 amide bonds. The molecule has 1 heterocycles. The number of unbranched alkanes of at least 4 members (excludes halogenated alkanes) is 1. The molecule has 0 aromatic carbocycles. The van der Waals surface area contributed by atoms with Gasteiger partial charge in [0.05, 0.1) is 6.54 Å². The highest BCUT2D eigenvalue weighted by molar-refractivity contribution is 4.90. The standard InChI is InChI=1S/C11H22N4/c1-14(2)8-5-4-6-12-10-11-13-7-9-15(11)3/h7,9,12H,4-6,8,10H2,1-3H3. The molecule has 0 atom stereocenters. The Kier molecular flexibility index (Phi) is 5.36. The first-order valence-corrected chi connectivity index (χ1v) is 5.52. The maximum atomic E-state index is 4.25. The Morgan fingerprint density at radius 1 is 1.40 bits per heavy atom. The summed E-state index contributed by atoms with van der Waals surface area (Å²) < 4.78 is 2.05. The third-order valence-corrected chi connectivity index (χ3v) is 2.41. The first-order chi connectivity index (χ1) is 7.20.